The molecule has 0 amide bonds. The van der Waals surface area contributed by atoms with Gasteiger partial charge in [-0.3, -0.25) is 0 Å². The van der Waals surface area contributed by atoms with Gasteiger partial charge >= 0.3 is 0 Å². The zero-order valence-electron chi connectivity index (χ0n) is 9.70. The Bertz CT molecular complexity index is 270. The monoisotopic (exact) mass is 211 g/mol. The third kappa shape index (κ3) is 5.00. The molecule has 0 aliphatic carbocycles. The molecule has 0 aliphatic heterocycles. The summed E-state index contributed by atoms with van der Waals surface area (Å²) in [4.78, 5) is 2.27. The molecule has 0 atom stereocenters. The van der Waals surface area contributed by atoms with Crippen LogP contribution in [0.3, 0.4) is 0 Å². The molecule has 0 aliphatic rings. The van der Waals surface area contributed by atoms with Gasteiger partial charge < -0.3 is 14.4 Å². The van der Waals surface area contributed by atoms with Gasteiger partial charge in [-0.2, -0.15) is 0 Å². The van der Waals surface area contributed by atoms with Crippen LogP contribution in [0.4, 0.5) is 0 Å². The molecule has 86 valence electrons. The van der Waals surface area contributed by atoms with Crippen LogP contribution in [0.1, 0.15) is 24.4 Å². The molecule has 1 aromatic rings. The molecule has 3 heteroatoms. The van der Waals surface area contributed by atoms with E-state index in [-0.39, 0.29) is 0 Å². The van der Waals surface area contributed by atoms with E-state index < -0.39 is 0 Å². The predicted octanol–water partition coefficient (Wildman–Crippen LogP) is 1.83. The minimum Gasteiger partial charge on any atom is -0.466 e. The highest BCUT2D eigenvalue weighted by molar-refractivity contribution is 5.05. The zero-order valence-corrected chi connectivity index (χ0v) is 9.70. The van der Waals surface area contributed by atoms with Gasteiger partial charge in [-0.05, 0) is 45.5 Å². The van der Waals surface area contributed by atoms with E-state index in [1.165, 1.54) is 0 Å². The normalized spacial score (nSPS) is 11.2. The van der Waals surface area contributed by atoms with E-state index >= 15 is 0 Å². The van der Waals surface area contributed by atoms with Crippen molar-refractivity contribution in [2.45, 2.75) is 26.2 Å². The van der Waals surface area contributed by atoms with Crippen molar-refractivity contribution in [2.75, 3.05) is 26.7 Å². The van der Waals surface area contributed by atoms with E-state index in [1.807, 2.05) is 19.1 Å². The van der Waals surface area contributed by atoms with Crippen molar-refractivity contribution in [3.8, 4) is 0 Å². The lowest BCUT2D eigenvalue weighted by atomic mass is 10.3. The molecule has 0 fully saturated rings. The number of likely N-dealkylation sites (N-methyl/N-ethyl adjacent to an activating group) is 1. The summed E-state index contributed by atoms with van der Waals surface area (Å²) < 4.78 is 5.49. The number of hydrogen-bond acceptors (Lipinski definition) is 3. The molecule has 1 heterocycles. The summed E-state index contributed by atoms with van der Waals surface area (Å²) >= 11 is 0. The second kappa shape index (κ2) is 6.64. The Kier molecular flexibility index (Phi) is 5.43. The topological polar surface area (TPSA) is 36.6 Å². The highest BCUT2D eigenvalue weighted by Crippen LogP contribution is 2.07. The van der Waals surface area contributed by atoms with Crippen LogP contribution in [0.15, 0.2) is 16.5 Å². The molecule has 1 aromatic heterocycles. The van der Waals surface area contributed by atoms with Gasteiger partial charge in [0.2, 0.25) is 0 Å². The first-order valence-electron chi connectivity index (χ1n) is 5.57. The van der Waals surface area contributed by atoms with Crippen molar-refractivity contribution < 1.29 is 9.52 Å². The molecule has 1 N–H and O–H groups in total. The average Bonchev–Trinajstić information content (AvgIpc) is 2.62. The third-order valence-corrected chi connectivity index (χ3v) is 2.48. The molecule has 0 aromatic carbocycles. The summed E-state index contributed by atoms with van der Waals surface area (Å²) in [6.07, 6.45) is 2.91. The Hall–Kier alpha value is -0.800. The first-order chi connectivity index (χ1) is 7.22. The van der Waals surface area contributed by atoms with E-state index in [0.29, 0.717) is 6.61 Å². The summed E-state index contributed by atoms with van der Waals surface area (Å²) in [7, 11) is 2.10. The minimum absolute atomic E-state index is 0.297. The summed E-state index contributed by atoms with van der Waals surface area (Å²) in [6, 6.07) is 4.04. The van der Waals surface area contributed by atoms with E-state index in [0.717, 1.165) is 43.9 Å². The van der Waals surface area contributed by atoms with Crippen LogP contribution in [0.5, 0.6) is 0 Å². The van der Waals surface area contributed by atoms with Crippen LogP contribution >= 0.6 is 0 Å². The van der Waals surface area contributed by atoms with Crippen molar-refractivity contribution in [2.24, 2.45) is 0 Å². The molecule has 1 rings (SSSR count). The van der Waals surface area contributed by atoms with Gasteiger partial charge in [0.05, 0.1) is 0 Å². The molecule has 0 saturated heterocycles. The minimum atomic E-state index is 0.297. The van der Waals surface area contributed by atoms with E-state index in [9.17, 15) is 0 Å². The Morgan fingerprint density at radius 3 is 2.67 bits per heavy atom. The Labute approximate surface area is 91.7 Å². The number of rotatable bonds is 7. The fourth-order valence-corrected chi connectivity index (χ4v) is 1.53. The van der Waals surface area contributed by atoms with E-state index in [1.54, 1.807) is 0 Å². The van der Waals surface area contributed by atoms with Gasteiger partial charge in [0.25, 0.3) is 0 Å². The Morgan fingerprint density at radius 1 is 1.27 bits per heavy atom. The number of unbranched alkanes of at least 4 members (excludes halogenated alkanes) is 1. The standard InChI is InChI=1S/C12H21NO2/c1-11-5-6-12(15-11)7-9-13(2)8-3-4-10-14/h5-6,14H,3-4,7-10H2,1-2H3. The second-order valence-corrected chi connectivity index (χ2v) is 4.00. The van der Waals surface area contributed by atoms with Crippen molar-refractivity contribution in [1.29, 1.82) is 0 Å². The molecule has 3 nitrogen and oxygen atoms in total. The number of nitrogens with zero attached hydrogens (tertiary/aromatic N) is 1. The second-order valence-electron chi connectivity index (χ2n) is 4.00. The van der Waals surface area contributed by atoms with Crippen molar-refractivity contribution >= 4 is 0 Å². The van der Waals surface area contributed by atoms with Gasteiger partial charge in [-0.1, -0.05) is 0 Å². The zero-order chi connectivity index (χ0) is 11.1. The molecule has 0 unspecified atom stereocenters. The van der Waals surface area contributed by atoms with Gasteiger partial charge in [0.1, 0.15) is 11.5 Å². The first kappa shape index (κ1) is 12.3. The first-order valence-corrected chi connectivity index (χ1v) is 5.57. The largest absolute Gasteiger partial charge is 0.466 e. The Morgan fingerprint density at radius 2 is 2.07 bits per heavy atom. The summed E-state index contributed by atoms with van der Waals surface area (Å²) in [5.74, 6) is 2.04. The average molecular weight is 211 g/mol. The lowest BCUT2D eigenvalue weighted by Gasteiger charge is -2.15. The molecular weight excluding hydrogens is 190 g/mol. The summed E-state index contributed by atoms with van der Waals surface area (Å²) in [5, 5.41) is 8.66. The van der Waals surface area contributed by atoms with E-state index in [2.05, 4.69) is 11.9 Å². The van der Waals surface area contributed by atoms with Crippen molar-refractivity contribution in [3.63, 3.8) is 0 Å². The predicted molar refractivity (Wildman–Crippen MR) is 61.0 cm³/mol. The van der Waals surface area contributed by atoms with Crippen molar-refractivity contribution in [1.82, 2.24) is 4.90 Å². The summed E-state index contributed by atoms with van der Waals surface area (Å²) in [5.41, 5.74) is 0. The molecular formula is C12H21NO2. The summed E-state index contributed by atoms with van der Waals surface area (Å²) in [6.45, 7) is 4.32. The number of aliphatic hydroxyl groups is 1. The molecule has 0 spiro atoms. The fraction of sp³-hybridized carbons (Fsp3) is 0.667. The number of furan rings is 1. The maximum Gasteiger partial charge on any atom is 0.105 e. The van der Waals surface area contributed by atoms with Gasteiger partial charge in [-0.15, -0.1) is 0 Å². The van der Waals surface area contributed by atoms with Crippen LogP contribution in [-0.2, 0) is 6.42 Å². The third-order valence-electron chi connectivity index (χ3n) is 2.48. The van der Waals surface area contributed by atoms with Crippen LogP contribution in [-0.4, -0.2) is 36.8 Å². The van der Waals surface area contributed by atoms with E-state index in [4.69, 9.17) is 9.52 Å². The Balaban J connectivity index is 2.13. The quantitative estimate of drug-likeness (QED) is 0.699. The lowest BCUT2D eigenvalue weighted by molar-refractivity contribution is 0.262. The lowest BCUT2D eigenvalue weighted by Crippen LogP contribution is -2.22. The number of hydrogen-bond donors (Lipinski definition) is 1. The highest BCUT2D eigenvalue weighted by atomic mass is 16.3. The van der Waals surface area contributed by atoms with Crippen LogP contribution in [0, 0.1) is 6.92 Å². The smallest absolute Gasteiger partial charge is 0.105 e. The van der Waals surface area contributed by atoms with Gasteiger partial charge in [-0.25, -0.2) is 0 Å². The fourth-order valence-electron chi connectivity index (χ4n) is 1.53. The SMILES string of the molecule is Cc1ccc(CCN(C)CCCCO)o1. The molecule has 0 saturated carbocycles. The molecule has 0 bridgehead atoms. The van der Waals surface area contributed by atoms with Crippen LogP contribution < -0.4 is 0 Å². The van der Waals surface area contributed by atoms with Gasteiger partial charge in [0.15, 0.2) is 0 Å². The van der Waals surface area contributed by atoms with Crippen molar-refractivity contribution in [3.05, 3.63) is 23.7 Å². The maximum absolute atomic E-state index is 8.66. The number of aliphatic hydroxyl groups excluding tert-OH is 1. The number of aryl methyl sites for hydroxylation is 1. The van der Waals surface area contributed by atoms with Crippen LogP contribution in [0.25, 0.3) is 0 Å². The van der Waals surface area contributed by atoms with Gasteiger partial charge in [0, 0.05) is 19.6 Å². The molecule has 15 heavy (non-hydrogen) atoms. The highest BCUT2D eigenvalue weighted by Gasteiger charge is 2.02. The maximum atomic E-state index is 8.66. The van der Waals surface area contributed by atoms with Crippen LogP contribution in [0.2, 0.25) is 0 Å². The molecule has 0 radical (unpaired) electrons.